The molecular formula is C15H12BrClINO2. The van der Waals surface area contributed by atoms with Gasteiger partial charge in [0.15, 0.2) is 0 Å². The summed E-state index contributed by atoms with van der Waals surface area (Å²) in [5.41, 5.74) is 1.12. The number of rotatable bonds is 4. The van der Waals surface area contributed by atoms with Crippen LogP contribution in [-0.4, -0.2) is 12.5 Å². The number of carbonyl (C=O) groups is 1. The molecule has 2 aromatic carbocycles. The second-order valence-electron chi connectivity index (χ2n) is 4.15. The molecule has 0 unspecified atom stereocenters. The monoisotopic (exact) mass is 479 g/mol. The number of ether oxygens (including phenoxy) is 1. The molecule has 110 valence electrons. The van der Waals surface area contributed by atoms with Crippen LogP contribution in [0.2, 0.25) is 5.02 Å². The predicted molar refractivity (Wildman–Crippen MR) is 97.4 cm³/mol. The number of benzene rings is 2. The summed E-state index contributed by atoms with van der Waals surface area (Å²) in [7, 11) is 0. The third kappa shape index (κ3) is 4.34. The van der Waals surface area contributed by atoms with Crippen LogP contribution in [0, 0.1) is 3.57 Å². The molecule has 0 aliphatic rings. The summed E-state index contributed by atoms with van der Waals surface area (Å²) in [4.78, 5) is 12.4. The standard InChI is InChI=1S/C15H12BrClINO2/c1-2-21-14-6-3-9(17)7-13(14)19-15(20)11-8-10(18)4-5-12(11)16/h3-8H,2H2,1H3,(H,19,20). The van der Waals surface area contributed by atoms with Crippen LogP contribution in [0.15, 0.2) is 40.9 Å². The molecule has 0 bridgehead atoms. The molecule has 1 N–H and O–H groups in total. The minimum atomic E-state index is -0.219. The van der Waals surface area contributed by atoms with Crippen LogP contribution in [0.3, 0.4) is 0 Å². The van der Waals surface area contributed by atoms with Crippen LogP contribution in [0.1, 0.15) is 17.3 Å². The molecule has 1 amide bonds. The quantitative estimate of drug-likeness (QED) is 0.599. The highest BCUT2D eigenvalue weighted by Crippen LogP contribution is 2.29. The van der Waals surface area contributed by atoms with Gasteiger partial charge in [0.25, 0.3) is 5.91 Å². The average molecular weight is 481 g/mol. The van der Waals surface area contributed by atoms with E-state index in [0.717, 1.165) is 8.04 Å². The van der Waals surface area contributed by atoms with Crippen molar-refractivity contribution in [3.63, 3.8) is 0 Å². The number of hydrogen-bond donors (Lipinski definition) is 1. The number of nitrogens with one attached hydrogen (secondary N) is 1. The first-order chi connectivity index (χ1) is 10.0. The molecule has 2 aromatic rings. The normalized spacial score (nSPS) is 10.3. The van der Waals surface area contributed by atoms with E-state index in [4.69, 9.17) is 16.3 Å². The molecule has 0 spiro atoms. The molecule has 0 atom stereocenters. The zero-order chi connectivity index (χ0) is 15.4. The Kier molecular flexibility index (Phi) is 5.89. The lowest BCUT2D eigenvalue weighted by atomic mass is 10.2. The maximum absolute atomic E-state index is 12.4. The Morgan fingerprint density at radius 2 is 2.10 bits per heavy atom. The smallest absolute Gasteiger partial charge is 0.256 e. The van der Waals surface area contributed by atoms with E-state index in [1.807, 2.05) is 25.1 Å². The average Bonchev–Trinajstić information content (AvgIpc) is 2.44. The topological polar surface area (TPSA) is 38.3 Å². The number of anilines is 1. The molecule has 3 nitrogen and oxygen atoms in total. The Balaban J connectivity index is 2.31. The van der Waals surface area contributed by atoms with Gasteiger partial charge in [-0.3, -0.25) is 4.79 Å². The molecular weight excluding hydrogens is 468 g/mol. The number of amides is 1. The molecule has 0 fully saturated rings. The van der Waals surface area contributed by atoms with Crippen LogP contribution in [0.4, 0.5) is 5.69 Å². The summed E-state index contributed by atoms with van der Waals surface area (Å²) < 4.78 is 7.22. The lowest BCUT2D eigenvalue weighted by molar-refractivity contribution is 0.102. The summed E-state index contributed by atoms with van der Waals surface area (Å²) in [5.74, 6) is 0.376. The van der Waals surface area contributed by atoms with E-state index in [2.05, 4.69) is 43.8 Å². The Labute approximate surface area is 150 Å². The fourth-order valence-corrected chi connectivity index (χ4v) is 2.83. The molecule has 0 saturated carbocycles. The molecule has 2 rings (SSSR count). The van der Waals surface area contributed by atoms with E-state index in [9.17, 15) is 4.79 Å². The van der Waals surface area contributed by atoms with Crippen molar-refractivity contribution in [1.82, 2.24) is 0 Å². The Morgan fingerprint density at radius 3 is 2.81 bits per heavy atom. The molecule has 0 radical (unpaired) electrons. The summed E-state index contributed by atoms with van der Waals surface area (Å²) in [6, 6.07) is 10.7. The van der Waals surface area contributed by atoms with Crippen LogP contribution in [0.5, 0.6) is 5.75 Å². The first-order valence-corrected chi connectivity index (χ1v) is 8.45. The number of carbonyl (C=O) groups excluding carboxylic acids is 1. The van der Waals surface area contributed by atoms with Crippen molar-refractivity contribution in [1.29, 1.82) is 0 Å². The van der Waals surface area contributed by atoms with E-state index in [0.29, 0.717) is 28.6 Å². The second kappa shape index (κ2) is 7.47. The predicted octanol–water partition coefficient (Wildman–Crippen LogP) is 5.36. The zero-order valence-electron chi connectivity index (χ0n) is 11.1. The molecule has 6 heteroatoms. The zero-order valence-corrected chi connectivity index (χ0v) is 15.6. The third-order valence-corrected chi connectivity index (χ3v) is 4.26. The van der Waals surface area contributed by atoms with Crippen LogP contribution < -0.4 is 10.1 Å². The van der Waals surface area contributed by atoms with Crippen molar-refractivity contribution in [2.75, 3.05) is 11.9 Å². The van der Waals surface area contributed by atoms with Gasteiger partial charge in [0.1, 0.15) is 5.75 Å². The maximum Gasteiger partial charge on any atom is 0.256 e. The minimum Gasteiger partial charge on any atom is -0.492 e. The van der Waals surface area contributed by atoms with Crippen molar-refractivity contribution in [3.8, 4) is 5.75 Å². The SMILES string of the molecule is CCOc1ccc(Cl)cc1NC(=O)c1cc(I)ccc1Br. The Morgan fingerprint density at radius 1 is 1.33 bits per heavy atom. The summed E-state index contributed by atoms with van der Waals surface area (Å²) >= 11 is 11.5. The highest BCUT2D eigenvalue weighted by Gasteiger charge is 2.13. The summed E-state index contributed by atoms with van der Waals surface area (Å²) in [6.45, 7) is 2.40. The van der Waals surface area contributed by atoms with Crippen LogP contribution >= 0.6 is 50.1 Å². The van der Waals surface area contributed by atoms with E-state index in [1.54, 1.807) is 18.2 Å². The molecule has 0 aromatic heterocycles. The van der Waals surface area contributed by atoms with E-state index >= 15 is 0 Å². The van der Waals surface area contributed by atoms with Gasteiger partial charge in [-0.15, -0.1) is 0 Å². The van der Waals surface area contributed by atoms with Gasteiger partial charge in [-0.25, -0.2) is 0 Å². The summed E-state index contributed by atoms with van der Waals surface area (Å²) in [5, 5.41) is 3.38. The lowest BCUT2D eigenvalue weighted by Gasteiger charge is -2.12. The van der Waals surface area contributed by atoms with Gasteiger partial charge < -0.3 is 10.1 Å². The summed E-state index contributed by atoms with van der Waals surface area (Å²) in [6.07, 6.45) is 0. The Hall–Kier alpha value is -0.790. The van der Waals surface area contributed by atoms with Crippen molar-refractivity contribution in [3.05, 3.63) is 55.0 Å². The third-order valence-electron chi connectivity index (χ3n) is 2.66. The van der Waals surface area contributed by atoms with Gasteiger partial charge in [-0.1, -0.05) is 11.6 Å². The van der Waals surface area contributed by atoms with Gasteiger partial charge in [-0.05, 0) is 81.8 Å². The Bertz CT molecular complexity index is 679. The van der Waals surface area contributed by atoms with Gasteiger partial charge >= 0.3 is 0 Å². The van der Waals surface area contributed by atoms with Crippen molar-refractivity contribution in [2.45, 2.75) is 6.92 Å². The van der Waals surface area contributed by atoms with Crippen molar-refractivity contribution in [2.24, 2.45) is 0 Å². The maximum atomic E-state index is 12.4. The van der Waals surface area contributed by atoms with E-state index in [-0.39, 0.29) is 5.91 Å². The molecule has 21 heavy (non-hydrogen) atoms. The highest BCUT2D eigenvalue weighted by molar-refractivity contribution is 14.1. The molecule has 0 aliphatic heterocycles. The second-order valence-corrected chi connectivity index (χ2v) is 6.69. The fourth-order valence-electron chi connectivity index (χ4n) is 1.74. The molecule has 0 saturated heterocycles. The largest absolute Gasteiger partial charge is 0.492 e. The first kappa shape index (κ1) is 16.6. The lowest BCUT2D eigenvalue weighted by Crippen LogP contribution is -2.14. The van der Waals surface area contributed by atoms with E-state index < -0.39 is 0 Å². The highest BCUT2D eigenvalue weighted by atomic mass is 127. The number of hydrogen-bond acceptors (Lipinski definition) is 2. The molecule has 0 aliphatic carbocycles. The van der Waals surface area contributed by atoms with Crippen molar-refractivity contribution < 1.29 is 9.53 Å². The van der Waals surface area contributed by atoms with Gasteiger partial charge in [0.2, 0.25) is 0 Å². The van der Waals surface area contributed by atoms with Gasteiger partial charge in [0, 0.05) is 13.1 Å². The van der Waals surface area contributed by atoms with Crippen LogP contribution in [0.25, 0.3) is 0 Å². The first-order valence-electron chi connectivity index (χ1n) is 6.20. The van der Waals surface area contributed by atoms with Crippen molar-refractivity contribution >= 4 is 61.7 Å². The van der Waals surface area contributed by atoms with Gasteiger partial charge in [0.05, 0.1) is 17.9 Å². The van der Waals surface area contributed by atoms with Gasteiger partial charge in [-0.2, -0.15) is 0 Å². The van der Waals surface area contributed by atoms with E-state index in [1.165, 1.54) is 0 Å². The fraction of sp³-hybridized carbons (Fsp3) is 0.133. The number of halogens is 3. The molecule has 0 heterocycles. The van der Waals surface area contributed by atoms with Crippen LogP contribution in [-0.2, 0) is 0 Å². The minimum absolute atomic E-state index is 0.219.